The minimum Gasteiger partial charge on any atom is -0.312 e. The van der Waals surface area contributed by atoms with Gasteiger partial charge >= 0.3 is 0 Å². The number of aryl methyl sites for hydroxylation is 1. The molecule has 1 aliphatic carbocycles. The minimum absolute atomic E-state index is 0.0462. The third-order valence-corrected chi connectivity index (χ3v) is 6.39. The molecule has 0 spiro atoms. The highest BCUT2D eigenvalue weighted by Gasteiger charge is 2.36. The van der Waals surface area contributed by atoms with Crippen LogP contribution < -0.4 is 9.62 Å². The van der Waals surface area contributed by atoms with Crippen LogP contribution in [0, 0.1) is 18.7 Å². The first-order valence-corrected chi connectivity index (χ1v) is 10.1. The van der Waals surface area contributed by atoms with Crippen molar-refractivity contribution in [3.8, 4) is 0 Å². The summed E-state index contributed by atoms with van der Waals surface area (Å²) in [6, 6.07) is 8.80. The Morgan fingerprint density at radius 3 is 2.65 bits per heavy atom. The number of nitrogens with zero attached hydrogens (tertiary/aromatic N) is 1. The molecule has 0 saturated heterocycles. The van der Waals surface area contributed by atoms with Crippen LogP contribution in [0.4, 0.5) is 15.8 Å². The zero-order valence-electron chi connectivity index (χ0n) is 14.3. The number of hydrogen-bond acceptors (Lipinski definition) is 3. The summed E-state index contributed by atoms with van der Waals surface area (Å²) in [5.41, 5.74) is 2.60. The number of sulfonamides is 1. The van der Waals surface area contributed by atoms with Crippen molar-refractivity contribution in [1.29, 1.82) is 0 Å². The molecule has 0 radical (unpaired) electrons. The standard InChI is InChI=1S/C19H19FN2O3S/c1-12-10-15(20)4-7-18(12)26(24,25)21-16-5-6-17-14(11-16)8-9-22(17)19(23)13-2-3-13/h4-7,10-11,13,21H,2-3,8-9H2,1H3. The summed E-state index contributed by atoms with van der Waals surface area (Å²) in [5.74, 6) is -0.154. The summed E-state index contributed by atoms with van der Waals surface area (Å²) in [7, 11) is -3.81. The SMILES string of the molecule is Cc1cc(F)ccc1S(=O)(=O)Nc1ccc2c(c1)CCN2C(=O)C1CC1. The molecule has 0 aromatic heterocycles. The van der Waals surface area contributed by atoms with Crippen LogP contribution in [-0.4, -0.2) is 20.9 Å². The van der Waals surface area contributed by atoms with E-state index in [1.165, 1.54) is 12.1 Å². The zero-order chi connectivity index (χ0) is 18.5. The molecule has 1 saturated carbocycles. The Morgan fingerprint density at radius 1 is 1.19 bits per heavy atom. The molecule has 2 aromatic carbocycles. The molecule has 2 aromatic rings. The van der Waals surface area contributed by atoms with Gasteiger partial charge in [0.1, 0.15) is 5.82 Å². The molecule has 1 fully saturated rings. The first kappa shape index (κ1) is 17.0. The quantitative estimate of drug-likeness (QED) is 0.893. The molecule has 1 heterocycles. The fourth-order valence-electron chi connectivity index (χ4n) is 3.37. The maximum atomic E-state index is 13.2. The van der Waals surface area contributed by atoms with Gasteiger partial charge in [-0.25, -0.2) is 12.8 Å². The Balaban J connectivity index is 1.59. The molecular weight excluding hydrogens is 355 g/mol. The molecule has 136 valence electrons. The minimum atomic E-state index is -3.81. The summed E-state index contributed by atoms with van der Waals surface area (Å²) in [6.45, 7) is 2.19. The molecule has 0 atom stereocenters. The summed E-state index contributed by atoms with van der Waals surface area (Å²) in [4.78, 5) is 14.2. The van der Waals surface area contributed by atoms with E-state index < -0.39 is 15.8 Å². The van der Waals surface area contributed by atoms with Crippen LogP contribution in [0.1, 0.15) is 24.0 Å². The monoisotopic (exact) mass is 374 g/mol. The van der Waals surface area contributed by atoms with Crippen LogP contribution in [0.15, 0.2) is 41.3 Å². The lowest BCUT2D eigenvalue weighted by atomic mass is 10.1. The van der Waals surface area contributed by atoms with Gasteiger partial charge in [-0.1, -0.05) is 0 Å². The number of hydrogen-bond donors (Lipinski definition) is 1. The molecule has 5 nitrogen and oxygen atoms in total. The fraction of sp³-hybridized carbons (Fsp3) is 0.316. The van der Waals surface area contributed by atoms with Gasteiger partial charge in [-0.15, -0.1) is 0 Å². The first-order chi connectivity index (χ1) is 12.3. The van der Waals surface area contributed by atoms with Crippen molar-refractivity contribution >= 4 is 27.3 Å². The van der Waals surface area contributed by atoms with Crippen LogP contribution in [-0.2, 0) is 21.2 Å². The Morgan fingerprint density at radius 2 is 1.96 bits per heavy atom. The fourth-order valence-corrected chi connectivity index (χ4v) is 4.65. The summed E-state index contributed by atoms with van der Waals surface area (Å²) >= 11 is 0. The number of halogens is 1. The molecule has 1 aliphatic heterocycles. The van der Waals surface area contributed by atoms with E-state index in [2.05, 4.69) is 4.72 Å². The average Bonchev–Trinajstić information content (AvgIpc) is 3.33. The predicted octanol–water partition coefficient (Wildman–Crippen LogP) is 3.23. The largest absolute Gasteiger partial charge is 0.312 e. The average molecular weight is 374 g/mol. The summed E-state index contributed by atoms with van der Waals surface area (Å²) in [5, 5.41) is 0. The number of amides is 1. The van der Waals surface area contributed by atoms with Crippen molar-refractivity contribution in [1.82, 2.24) is 0 Å². The molecule has 1 amide bonds. The Bertz CT molecular complexity index is 1000. The highest BCUT2D eigenvalue weighted by molar-refractivity contribution is 7.92. The van der Waals surface area contributed by atoms with Crippen LogP contribution >= 0.6 is 0 Å². The van der Waals surface area contributed by atoms with E-state index in [4.69, 9.17) is 0 Å². The number of fused-ring (bicyclic) bond motifs is 1. The van der Waals surface area contributed by atoms with Gasteiger partial charge in [-0.3, -0.25) is 9.52 Å². The van der Waals surface area contributed by atoms with Crippen molar-refractivity contribution in [2.24, 2.45) is 5.92 Å². The Kier molecular flexibility index (Phi) is 3.99. The molecule has 0 unspecified atom stereocenters. The van der Waals surface area contributed by atoms with Gasteiger partial charge in [0.15, 0.2) is 0 Å². The van der Waals surface area contributed by atoms with Crippen molar-refractivity contribution in [2.75, 3.05) is 16.2 Å². The number of nitrogens with one attached hydrogen (secondary N) is 1. The summed E-state index contributed by atoms with van der Waals surface area (Å²) < 4.78 is 41.0. The first-order valence-electron chi connectivity index (χ1n) is 8.58. The predicted molar refractivity (Wildman–Crippen MR) is 97.2 cm³/mol. The summed E-state index contributed by atoms with van der Waals surface area (Å²) in [6.07, 6.45) is 2.62. The number of carbonyl (C=O) groups excluding carboxylic acids is 1. The van der Waals surface area contributed by atoms with Crippen molar-refractivity contribution in [2.45, 2.75) is 31.1 Å². The maximum absolute atomic E-state index is 13.2. The topological polar surface area (TPSA) is 66.5 Å². The van der Waals surface area contributed by atoms with Crippen LogP contribution in [0.2, 0.25) is 0 Å². The molecule has 2 aliphatic rings. The zero-order valence-corrected chi connectivity index (χ0v) is 15.1. The molecule has 26 heavy (non-hydrogen) atoms. The van der Waals surface area contributed by atoms with E-state index in [1.54, 1.807) is 30.0 Å². The highest BCUT2D eigenvalue weighted by Crippen LogP contribution is 2.37. The molecule has 0 bridgehead atoms. The third kappa shape index (κ3) is 3.07. The van der Waals surface area contributed by atoms with Gasteiger partial charge in [0, 0.05) is 23.8 Å². The van der Waals surface area contributed by atoms with E-state index in [0.717, 1.165) is 30.2 Å². The van der Waals surface area contributed by atoms with Gasteiger partial charge in [0.05, 0.1) is 4.90 Å². The third-order valence-electron chi connectivity index (χ3n) is 4.85. The van der Waals surface area contributed by atoms with E-state index in [9.17, 15) is 17.6 Å². The smallest absolute Gasteiger partial charge is 0.262 e. The van der Waals surface area contributed by atoms with Crippen molar-refractivity contribution in [3.63, 3.8) is 0 Å². The molecule has 1 N–H and O–H groups in total. The lowest BCUT2D eigenvalue weighted by Crippen LogP contribution is -2.30. The lowest BCUT2D eigenvalue weighted by molar-refractivity contribution is -0.119. The van der Waals surface area contributed by atoms with E-state index in [1.807, 2.05) is 0 Å². The van der Waals surface area contributed by atoms with Crippen LogP contribution in [0.5, 0.6) is 0 Å². The second-order valence-corrected chi connectivity index (χ2v) is 8.52. The number of benzene rings is 2. The Labute approximate surface area is 151 Å². The van der Waals surface area contributed by atoms with E-state index in [0.29, 0.717) is 24.2 Å². The number of rotatable bonds is 4. The van der Waals surface area contributed by atoms with Gasteiger partial charge in [0.2, 0.25) is 5.91 Å². The van der Waals surface area contributed by atoms with Gasteiger partial charge in [0.25, 0.3) is 10.0 Å². The highest BCUT2D eigenvalue weighted by atomic mass is 32.2. The van der Waals surface area contributed by atoms with E-state index >= 15 is 0 Å². The second-order valence-electron chi connectivity index (χ2n) is 6.87. The lowest BCUT2D eigenvalue weighted by Gasteiger charge is -2.17. The van der Waals surface area contributed by atoms with Crippen molar-refractivity contribution < 1.29 is 17.6 Å². The van der Waals surface area contributed by atoms with E-state index in [-0.39, 0.29) is 16.7 Å². The molecule has 4 rings (SSSR count). The van der Waals surface area contributed by atoms with Gasteiger partial charge in [-0.2, -0.15) is 0 Å². The number of anilines is 2. The van der Waals surface area contributed by atoms with Gasteiger partial charge < -0.3 is 4.90 Å². The number of carbonyl (C=O) groups is 1. The van der Waals surface area contributed by atoms with Crippen molar-refractivity contribution in [3.05, 3.63) is 53.3 Å². The van der Waals surface area contributed by atoms with Crippen LogP contribution in [0.3, 0.4) is 0 Å². The normalized spacial score (nSPS) is 16.5. The molecular formula is C19H19FN2O3S. The van der Waals surface area contributed by atoms with Gasteiger partial charge in [-0.05, 0) is 73.7 Å². The molecule has 7 heteroatoms. The Hall–Kier alpha value is -2.41. The maximum Gasteiger partial charge on any atom is 0.262 e. The second kappa shape index (κ2) is 6.09. The van der Waals surface area contributed by atoms with Crippen LogP contribution in [0.25, 0.3) is 0 Å².